The van der Waals surface area contributed by atoms with E-state index < -0.39 is 0 Å². The van der Waals surface area contributed by atoms with Gasteiger partial charge in [-0.2, -0.15) is 0 Å². The van der Waals surface area contributed by atoms with Crippen LogP contribution in [0.3, 0.4) is 0 Å². The number of aromatic nitrogens is 2. The first-order valence-electron chi connectivity index (χ1n) is 13.2. The lowest BCUT2D eigenvalue weighted by molar-refractivity contribution is 0.0498. The zero-order valence-corrected chi connectivity index (χ0v) is 21.9. The predicted molar refractivity (Wildman–Crippen MR) is 143 cm³/mol. The summed E-state index contributed by atoms with van der Waals surface area (Å²) in [6.07, 6.45) is 4.39. The minimum absolute atomic E-state index is 0.594. The number of hydrogen-bond donors (Lipinski definition) is 0. The van der Waals surface area contributed by atoms with Crippen LogP contribution in [-0.4, -0.2) is 47.4 Å². The van der Waals surface area contributed by atoms with Crippen LogP contribution in [0.4, 0.5) is 0 Å². The Morgan fingerprint density at radius 3 is 2.53 bits per heavy atom. The lowest BCUT2D eigenvalue weighted by atomic mass is 9.99. The summed E-state index contributed by atoms with van der Waals surface area (Å²) in [5.74, 6) is 3.22. The molecule has 0 atom stereocenters. The molecule has 0 amide bonds. The molecule has 192 valence electrons. The van der Waals surface area contributed by atoms with Crippen LogP contribution < -0.4 is 9.47 Å². The van der Waals surface area contributed by atoms with Gasteiger partial charge in [0.25, 0.3) is 0 Å². The van der Waals surface area contributed by atoms with Crippen molar-refractivity contribution in [3.63, 3.8) is 0 Å². The maximum absolute atomic E-state index is 6.85. The molecule has 2 aromatic carbocycles. The SMILES string of the molecule is CCCCn1c(-c2ccccc2)nc(Cl)c1CN(Cc1ccc2c(c1)OCCO2)CC1CCOCC1. The van der Waals surface area contributed by atoms with E-state index in [4.69, 9.17) is 30.8 Å². The molecule has 1 saturated heterocycles. The summed E-state index contributed by atoms with van der Waals surface area (Å²) < 4.78 is 19.6. The van der Waals surface area contributed by atoms with Crippen molar-refractivity contribution in [3.05, 3.63) is 64.9 Å². The van der Waals surface area contributed by atoms with Crippen LogP contribution in [0.2, 0.25) is 5.15 Å². The van der Waals surface area contributed by atoms with Crippen molar-refractivity contribution < 1.29 is 14.2 Å². The van der Waals surface area contributed by atoms with Gasteiger partial charge in [-0.3, -0.25) is 4.90 Å². The monoisotopic (exact) mass is 509 g/mol. The van der Waals surface area contributed by atoms with Crippen LogP contribution in [-0.2, 0) is 24.4 Å². The number of rotatable bonds is 10. The maximum Gasteiger partial charge on any atom is 0.161 e. The zero-order valence-electron chi connectivity index (χ0n) is 21.1. The number of benzene rings is 2. The van der Waals surface area contributed by atoms with Gasteiger partial charge in [-0.25, -0.2) is 4.98 Å². The van der Waals surface area contributed by atoms with Gasteiger partial charge in [0.15, 0.2) is 16.7 Å². The number of unbranched alkanes of at least 4 members (excludes halogenated alkanes) is 1. The number of ether oxygens (including phenoxy) is 3. The molecule has 3 heterocycles. The van der Waals surface area contributed by atoms with Gasteiger partial charge in [0.05, 0.1) is 5.69 Å². The second-order valence-corrected chi connectivity index (χ2v) is 10.1. The Labute approximate surface area is 219 Å². The molecule has 6 nitrogen and oxygen atoms in total. The molecule has 3 aromatic rings. The number of imidazole rings is 1. The number of hydrogen-bond acceptors (Lipinski definition) is 5. The Morgan fingerprint density at radius 2 is 1.75 bits per heavy atom. The molecule has 0 saturated carbocycles. The molecule has 5 rings (SSSR count). The van der Waals surface area contributed by atoms with E-state index in [1.807, 2.05) is 12.1 Å². The standard InChI is InChI=1S/C29H36ClN3O3/c1-2-3-13-33-25(28(30)31-29(33)24-7-5-4-6-8-24)21-32(19-22-11-14-34-15-12-22)20-23-9-10-26-27(18-23)36-17-16-35-26/h4-10,18,22H,2-3,11-17,19-21H2,1H3. The van der Waals surface area contributed by atoms with Crippen LogP contribution >= 0.6 is 11.6 Å². The van der Waals surface area contributed by atoms with E-state index in [9.17, 15) is 0 Å². The van der Waals surface area contributed by atoms with Crippen LogP contribution in [0.1, 0.15) is 43.9 Å². The first kappa shape index (κ1) is 25.1. The molecule has 1 fully saturated rings. The number of nitrogens with zero attached hydrogens (tertiary/aromatic N) is 3. The highest BCUT2D eigenvalue weighted by Crippen LogP contribution is 2.33. The third kappa shape index (κ3) is 6.05. The second-order valence-electron chi connectivity index (χ2n) is 9.75. The molecule has 0 aliphatic carbocycles. The summed E-state index contributed by atoms with van der Waals surface area (Å²) in [5, 5.41) is 0.601. The summed E-state index contributed by atoms with van der Waals surface area (Å²) in [4.78, 5) is 7.36. The Balaban J connectivity index is 1.44. The van der Waals surface area contributed by atoms with Crippen LogP contribution in [0, 0.1) is 5.92 Å². The molecular formula is C29H36ClN3O3. The summed E-state index contributed by atoms with van der Waals surface area (Å²) >= 11 is 6.85. The molecule has 0 N–H and O–H groups in total. The topological polar surface area (TPSA) is 48.8 Å². The molecule has 0 unspecified atom stereocenters. The zero-order chi connectivity index (χ0) is 24.7. The number of halogens is 1. The lowest BCUT2D eigenvalue weighted by Crippen LogP contribution is -2.32. The quantitative estimate of drug-likeness (QED) is 0.325. The Hall–Kier alpha value is -2.54. The largest absolute Gasteiger partial charge is 0.486 e. The van der Waals surface area contributed by atoms with E-state index in [0.717, 1.165) is 93.7 Å². The van der Waals surface area contributed by atoms with Crippen LogP contribution in [0.25, 0.3) is 11.4 Å². The van der Waals surface area contributed by atoms with Crippen molar-refractivity contribution in [2.75, 3.05) is 33.0 Å². The highest BCUT2D eigenvalue weighted by molar-refractivity contribution is 6.30. The van der Waals surface area contributed by atoms with E-state index in [1.165, 1.54) is 5.56 Å². The smallest absolute Gasteiger partial charge is 0.161 e. The van der Waals surface area contributed by atoms with Crippen molar-refractivity contribution in [1.82, 2.24) is 14.5 Å². The molecule has 0 radical (unpaired) electrons. The normalized spacial score (nSPS) is 16.0. The van der Waals surface area contributed by atoms with Crippen LogP contribution in [0.5, 0.6) is 11.5 Å². The molecular weight excluding hydrogens is 474 g/mol. The Kier molecular flexibility index (Phi) is 8.47. The van der Waals surface area contributed by atoms with E-state index >= 15 is 0 Å². The lowest BCUT2D eigenvalue weighted by Gasteiger charge is -2.30. The fourth-order valence-corrected chi connectivity index (χ4v) is 5.35. The van der Waals surface area contributed by atoms with Gasteiger partial charge in [-0.15, -0.1) is 0 Å². The van der Waals surface area contributed by atoms with E-state index in [-0.39, 0.29) is 0 Å². The third-order valence-corrected chi connectivity index (χ3v) is 7.34. The molecule has 7 heteroatoms. The van der Waals surface area contributed by atoms with Crippen molar-refractivity contribution in [1.29, 1.82) is 0 Å². The summed E-state index contributed by atoms with van der Waals surface area (Å²) in [6.45, 7) is 8.56. The van der Waals surface area contributed by atoms with E-state index in [1.54, 1.807) is 0 Å². The molecule has 2 aliphatic heterocycles. The molecule has 2 aliphatic rings. The van der Waals surface area contributed by atoms with Gasteiger partial charge in [0, 0.05) is 45.0 Å². The first-order valence-corrected chi connectivity index (χ1v) is 13.6. The van der Waals surface area contributed by atoms with E-state index in [2.05, 4.69) is 52.8 Å². The highest BCUT2D eigenvalue weighted by Gasteiger charge is 2.23. The van der Waals surface area contributed by atoms with Crippen molar-refractivity contribution in [2.24, 2.45) is 5.92 Å². The van der Waals surface area contributed by atoms with Crippen molar-refractivity contribution in [3.8, 4) is 22.9 Å². The molecule has 0 bridgehead atoms. The first-order chi connectivity index (χ1) is 17.7. The maximum atomic E-state index is 6.85. The highest BCUT2D eigenvalue weighted by atomic mass is 35.5. The summed E-state index contributed by atoms with van der Waals surface area (Å²) in [7, 11) is 0. The van der Waals surface area contributed by atoms with E-state index in [0.29, 0.717) is 24.3 Å². The molecule has 1 aromatic heterocycles. The summed E-state index contributed by atoms with van der Waals surface area (Å²) in [5.41, 5.74) is 3.41. The fourth-order valence-electron chi connectivity index (χ4n) is 5.11. The second kappa shape index (κ2) is 12.1. The number of fused-ring (bicyclic) bond motifs is 1. The molecule has 36 heavy (non-hydrogen) atoms. The van der Waals surface area contributed by atoms with Gasteiger partial charge >= 0.3 is 0 Å². The van der Waals surface area contributed by atoms with Gasteiger partial charge < -0.3 is 18.8 Å². The minimum atomic E-state index is 0.594. The van der Waals surface area contributed by atoms with Gasteiger partial charge in [0.1, 0.15) is 19.0 Å². The summed E-state index contributed by atoms with van der Waals surface area (Å²) in [6, 6.07) is 16.7. The fraction of sp³-hybridized carbons (Fsp3) is 0.483. The van der Waals surface area contributed by atoms with Crippen LogP contribution in [0.15, 0.2) is 48.5 Å². The average molecular weight is 510 g/mol. The minimum Gasteiger partial charge on any atom is -0.486 e. The van der Waals surface area contributed by atoms with Crippen molar-refractivity contribution in [2.45, 2.75) is 52.2 Å². The van der Waals surface area contributed by atoms with Gasteiger partial charge in [0.2, 0.25) is 0 Å². The van der Waals surface area contributed by atoms with Gasteiger partial charge in [-0.1, -0.05) is 61.3 Å². The predicted octanol–water partition coefficient (Wildman–Crippen LogP) is 6.20. The average Bonchev–Trinajstić information content (AvgIpc) is 3.23. The van der Waals surface area contributed by atoms with Crippen molar-refractivity contribution >= 4 is 11.6 Å². The molecule has 0 spiro atoms. The third-order valence-electron chi connectivity index (χ3n) is 7.03. The Morgan fingerprint density at radius 1 is 0.972 bits per heavy atom. The van der Waals surface area contributed by atoms with Gasteiger partial charge in [-0.05, 0) is 42.9 Å². The Bertz CT molecular complexity index is 1130.